The fraction of sp³-hybridized carbons (Fsp3) is 0.619. The molecule has 3 fully saturated rings. The van der Waals surface area contributed by atoms with Gasteiger partial charge < -0.3 is 10.2 Å². The lowest BCUT2D eigenvalue weighted by Gasteiger charge is -2.55. The molecule has 0 spiro atoms. The molecular formula is C21H28N6O2S. The Hall–Kier alpha value is -2.26. The fourth-order valence-electron chi connectivity index (χ4n) is 5.59. The number of amides is 2. The van der Waals surface area contributed by atoms with E-state index in [0.29, 0.717) is 25.3 Å². The van der Waals surface area contributed by atoms with Crippen molar-refractivity contribution in [2.75, 3.05) is 19.6 Å². The van der Waals surface area contributed by atoms with Crippen molar-refractivity contribution < 1.29 is 9.59 Å². The second-order valence-corrected chi connectivity index (χ2v) is 9.68. The third-order valence-electron chi connectivity index (χ3n) is 6.78. The molecule has 0 aliphatic carbocycles. The van der Waals surface area contributed by atoms with E-state index in [1.165, 1.54) is 0 Å². The molecule has 4 atom stereocenters. The number of rotatable bonds is 6. The number of hydrogen-bond acceptors (Lipinski definition) is 6. The summed E-state index contributed by atoms with van der Waals surface area (Å²) >= 11 is 1.68. The van der Waals surface area contributed by atoms with E-state index in [4.69, 9.17) is 0 Å². The Morgan fingerprint density at radius 1 is 1.30 bits per heavy atom. The number of likely N-dealkylation sites (tertiary alicyclic amines) is 1. The standard InChI is InChI=1S/C21H28N6O2S/c28-19-3-1-2-17-14-10-15(12-26(11-14)13-18-22-8-9-30-18)20(27(17)19)21(29)23-6-4-16-5-7-24-25-16/h5,7-9,14-15,17,20H,1-4,6,10-13H2,(H,23,29)(H,24,25)/t14-,15+,17+,20-/m1/s1. The van der Waals surface area contributed by atoms with Crippen molar-refractivity contribution >= 4 is 23.2 Å². The smallest absolute Gasteiger partial charge is 0.243 e. The van der Waals surface area contributed by atoms with Crippen LogP contribution in [0.1, 0.15) is 36.4 Å². The van der Waals surface area contributed by atoms with E-state index >= 15 is 0 Å². The minimum atomic E-state index is -0.361. The van der Waals surface area contributed by atoms with Crippen LogP contribution in [0.4, 0.5) is 0 Å². The van der Waals surface area contributed by atoms with Gasteiger partial charge in [-0.25, -0.2) is 4.98 Å². The van der Waals surface area contributed by atoms with Gasteiger partial charge in [0.05, 0.1) is 6.54 Å². The molecule has 0 saturated carbocycles. The largest absolute Gasteiger partial charge is 0.354 e. The van der Waals surface area contributed by atoms with Crippen molar-refractivity contribution in [3.05, 3.63) is 34.5 Å². The lowest BCUT2D eigenvalue weighted by molar-refractivity contribution is -0.160. The number of nitrogens with zero attached hydrogens (tertiary/aromatic N) is 4. The van der Waals surface area contributed by atoms with Crippen LogP contribution in [0.15, 0.2) is 23.8 Å². The van der Waals surface area contributed by atoms with E-state index in [9.17, 15) is 9.59 Å². The van der Waals surface area contributed by atoms with Crippen molar-refractivity contribution in [1.82, 2.24) is 30.3 Å². The molecular weight excluding hydrogens is 400 g/mol. The van der Waals surface area contributed by atoms with Crippen molar-refractivity contribution in [3.63, 3.8) is 0 Å². The summed E-state index contributed by atoms with van der Waals surface area (Å²) in [4.78, 5) is 35.0. The first-order valence-electron chi connectivity index (χ1n) is 10.9. The predicted octanol–water partition coefficient (Wildman–Crippen LogP) is 1.43. The maximum atomic E-state index is 13.3. The van der Waals surface area contributed by atoms with Crippen LogP contribution in [0, 0.1) is 11.8 Å². The summed E-state index contributed by atoms with van der Waals surface area (Å²) in [6, 6.07) is 1.74. The van der Waals surface area contributed by atoms with Crippen molar-refractivity contribution in [1.29, 1.82) is 0 Å². The van der Waals surface area contributed by atoms with Gasteiger partial charge >= 0.3 is 0 Å². The second-order valence-electron chi connectivity index (χ2n) is 8.70. The summed E-state index contributed by atoms with van der Waals surface area (Å²) in [5.41, 5.74) is 0.998. The zero-order valence-electron chi connectivity index (χ0n) is 17.0. The number of nitrogens with one attached hydrogen (secondary N) is 2. The Morgan fingerprint density at radius 2 is 2.20 bits per heavy atom. The molecule has 0 unspecified atom stereocenters. The van der Waals surface area contributed by atoms with E-state index in [2.05, 4.69) is 25.4 Å². The summed E-state index contributed by atoms with van der Waals surface area (Å²) in [7, 11) is 0. The van der Waals surface area contributed by atoms with Gasteiger partial charge in [0.1, 0.15) is 11.0 Å². The highest BCUT2D eigenvalue weighted by Crippen LogP contribution is 2.42. The first-order chi connectivity index (χ1) is 14.7. The van der Waals surface area contributed by atoms with Crippen LogP contribution >= 0.6 is 11.3 Å². The molecule has 0 radical (unpaired) electrons. The van der Waals surface area contributed by atoms with Crippen molar-refractivity contribution in [3.8, 4) is 0 Å². The van der Waals surface area contributed by atoms with Gasteiger partial charge in [-0.05, 0) is 31.2 Å². The van der Waals surface area contributed by atoms with Crippen LogP contribution < -0.4 is 5.32 Å². The number of H-pyrrole nitrogens is 1. The summed E-state index contributed by atoms with van der Waals surface area (Å²) < 4.78 is 0. The normalized spacial score (nSPS) is 28.9. The van der Waals surface area contributed by atoms with E-state index in [-0.39, 0.29) is 29.8 Å². The number of hydrogen-bond donors (Lipinski definition) is 2. The predicted molar refractivity (Wildman–Crippen MR) is 113 cm³/mol. The van der Waals surface area contributed by atoms with Crippen LogP contribution in [0.25, 0.3) is 0 Å². The van der Waals surface area contributed by atoms with E-state index in [1.807, 2.05) is 22.5 Å². The van der Waals surface area contributed by atoms with Crippen LogP contribution in [0.5, 0.6) is 0 Å². The molecule has 8 nitrogen and oxygen atoms in total. The number of piperidine rings is 3. The molecule has 30 heavy (non-hydrogen) atoms. The van der Waals surface area contributed by atoms with Crippen molar-refractivity contribution in [2.45, 2.75) is 50.7 Å². The summed E-state index contributed by atoms with van der Waals surface area (Å²) in [6.07, 6.45) is 7.81. The molecule has 160 valence electrons. The molecule has 3 aliphatic rings. The third kappa shape index (κ3) is 3.88. The average molecular weight is 429 g/mol. The molecule has 9 heteroatoms. The Morgan fingerprint density at radius 3 is 3.00 bits per heavy atom. The fourth-order valence-corrected chi connectivity index (χ4v) is 6.25. The quantitative estimate of drug-likeness (QED) is 0.726. The van der Waals surface area contributed by atoms with Gasteiger partial charge in [0.2, 0.25) is 11.8 Å². The molecule has 2 bridgehead atoms. The summed E-state index contributed by atoms with van der Waals surface area (Å²) in [5, 5.41) is 13.1. The van der Waals surface area contributed by atoms with Crippen LogP contribution in [-0.4, -0.2) is 68.5 Å². The second kappa shape index (κ2) is 8.47. The number of carbonyl (C=O) groups is 2. The van der Waals surface area contributed by atoms with Crippen molar-refractivity contribution in [2.24, 2.45) is 11.8 Å². The van der Waals surface area contributed by atoms with Gasteiger partial charge in [-0.15, -0.1) is 11.3 Å². The van der Waals surface area contributed by atoms with Gasteiger partial charge in [-0.2, -0.15) is 5.10 Å². The SMILES string of the molecule is O=C(NCCc1ccn[nH]1)[C@H]1[C@H]2C[C@H](CN(Cc3nccs3)C2)[C@@H]2CCCC(=O)N21. The van der Waals surface area contributed by atoms with Gasteiger partial charge in [0.15, 0.2) is 0 Å². The first kappa shape index (κ1) is 19.7. The highest BCUT2D eigenvalue weighted by molar-refractivity contribution is 7.09. The Balaban J connectivity index is 1.32. The lowest BCUT2D eigenvalue weighted by Crippen LogP contribution is -2.68. The number of thiazole rings is 1. The summed E-state index contributed by atoms with van der Waals surface area (Å²) in [6.45, 7) is 3.20. The zero-order valence-corrected chi connectivity index (χ0v) is 17.8. The van der Waals surface area contributed by atoms with Gasteiger partial charge in [0, 0.05) is 67.9 Å². The Kier molecular flexibility index (Phi) is 5.56. The molecule has 3 aliphatic heterocycles. The number of carbonyl (C=O) groups excluding carboxylic acids is 2. The molecule has 2 aromatic heterocycles. The van der Waals surface area contributed by atoms with Crippen LogP contribution in [0.3, 0.4) is 0 Å². The number of aromatic nitrogens is 3. The van der Waals surface area contributed by atoms with Gasteiger partial charge in [-0.3, -0.25) is 19.6 Å². The molecule has 2 N–H and O–H groups in total. The van der Waals surface area contributed by atoms with Gasteiger partial charge in [0.25, 0.3) is 0 Å². The Labute approximate surface area is 180 Å². The zero-order chi connectivity index (χ0) is 20.5. The van der Waals surface area contributed by atoms with E-state index in [1.54, 1.807) is 17.5 Å². The summed E-state index contributed by atoms with van der Waals surface area (Å²) in [5.74, 6) is 0.772. The molecule has 0 aromatic carbocycles. The molecule has 2 amide bonds. The molecule has 5 rings (SSSR count). The first-order valence-corrected chi connectivity index (χ1v) is 11.7. The molecule has 2 aromatic rings. The highest BCUT2D eigenvalue weighted by atomic mass is 32.1. The molecule has 3 saturated heterocycles. The lowest BCUT2D eigenvalue weighted by atomic mass is 9.71. The molecule has 5 heterocycles. The minimum absolute atomic E-state index is 0.00526. The van der Waals surface area contributed by atoms with Gasteiger partial charge in [-0.1, -0.05) is 0 Å². The van der Waals surface area contributed by atoms with Crippen LogP contribution in [-0.2, 0) is 22.6 Å². The third-order valence-corrected chi connectivity index (χ3v) is 7.54. The minimum Gasteiger partial charge on any atom is -0.354 e. The van der Waals surface area contributed by atoms with E-state index < -0.39 is 0 Å². The number of aromatic amines is 1. The number of fused-ring (bicyclic) bond motifs is 4. The average Bonchev–Trinajstić information content (AvgIpc) is 3.43. The van der Waals surface area contributed by atoms with Crippen LogP contribution in [0.2, 0.25) is 0 Å². The monoisotopic (exact) mass is 428 g/mol. The highest BCUT2D eigenvalue weighted by Gasteiger charge is 2.51. The topological polar surface area (TPSA) is 94.2 Å². The maximum Gasteiger partial charge on any atom is 0.243 e. The Bertz CT molecular complexity index is 870. The maximum absolute atomic E-state index is 13.3. The van der Waals surface area contributed by atoms with E-state index in [0.717, 1.165) is 49.6 Å².